The van der Waals surface area contributed by atoms with Crippen molar-refractivity contribution in [2.24, 2.45) is 5.73 Å². The van der Waals surface area contributed by atoms with E-state index in [-0.39, 0.29) is 12.6 Å². The monoisotopic (exact) mass is 284 g/mol. The molecule has 0 amide bonds. The van der Waals surface area contributed by atoms with E-state index in [1.165, 1.54) is 4.31 Å². The molecule has 6 nitrogen and oxygen atoms in total. The first-order chi connectivity index (χ1) is 7.76. The predicted octanol–water partition coefficient (Wildman–Crippen LogP) is -0.478. The van der Waals surface area contributed by atoms with Crippen molar-refractivity contribution < 1.29 is 16.8 Å². The summed E-state index contributed by atoms with van der Waals surface area (Å²) in [5.74, 6) is 0. The Hall–Kier alpha value is -0.180. The van der Waals surface area contributed by atoms with Crippen molar-refractivity contribution in [1.82, 2.24) is 4.31 Å². The van der Waals surface area contributed by atoms with Crippen LogP contribution in [0.2, 0.25) is 0 Å². The SMILES string of the molecule is CS(=O)(=O)CS(=O)(=O)N1CCCCCC1CN. The zero-order chi connectivity index (χ0) is 13.1. The molecule has 0 aliphatic carbocycles. The number of hydrogen-bond donors (Lipinski definition) is 1. The molecular formula is C9H20N2O4S2. The number of sulfonamides is 1. The molecule has 0 bridgehead atoms. The molecule has 0 saturated carbocycles. The number of hydrogen-bond acceptors (Lipinski definition) is 5. The summed E-state index contributed by atoms with van der Waals surface area (Å²) in [6.45, 7) is 0.614. The normalized spacial score (nSPS) is 24.5. The highest BCUT2D eigenvalue weighted by molar-refractivity contribution is 8.06. The quantitative estimate of drug-likeness (QED) is 0.752. The first-order valence-electron chi connectivity index (χ1n) is 5.63. The highest BCUT2D eigenvalue weighted by Gasteiger charge is 2.32. The van der Waals surface area contributed by atoms with E-state index < -0.39 is 24.9 Å². The van der Waals surface area contributed by atoms with E-state index >= 15 is 0 Å². The highest BCUT2D eigenvalue weighted by atomic mass is 32.3. The van der Waals surface area contributed by atoms with Crippen LogP contribution in [-0.4, -0.2) is 51.6 Å². The minimum absolute atomic E-state index is 0.239. The van der Waals surface area contributed by atoms with Gasteiger partial charge < -0.3 is 5.73 Å². The molecule has 102 valence electrons. The van der Waals surface area contributed by atoms with Crippen LogP contribution < -0.4 is 5.73 Å². The van der Waals surface area contributed by atoms with Crippen LogP contribution >= 0.6 is 0 Å². The molecule has 0 aromatic carbocycles. The Morgan fingerprint density at radius 3 is 2.35 bits per heavy atom. The van der Waals surface area contributed by atoms with Crippen molar-refractivity contribution in [2.75, 3.05) is 24.4 Å². The molecule has 0 aromatic rings. The van der Waals surface area contributed by atoms with Crippen LogP contribution in [0.3, 0.4) is 0 Å². The molecule has 0 radical (unpaired) electrons. The van der Waals surface area contributed by atoms with Gasteiger partial charge in [-0.15, -0.1) is 0 Å². The summed E-state index contributed by atoms with van der Waals surface area (Å²) in [5, 5.41) is -0.823. The first kappa shape index (κ1) is 14.9. The summed E-state index contributed by atoms with van der Waals surface area (Å²) >= 11 is 0. The van der Waals surface area contributed by atoms with Crippen molar-refractivity contribution in [3.63, 3.8) is 0 Å². The van der Waals surface area contributed by atoms with Gasteiger partial charge in [0.05, 0.1) is 0 Å². The third kappa shape index (κ3) is 4.53. The van der Waals surface area contributed by atoms with Gasteiger partial charge in [-0.05, 0) is 12.8 Å². The molecule has 17 heavy (non-hydrogen) atoms. The van der Waals surface area contributed by atoms with Crippen LogP contribution in [0.25, 0.3) is 0 Å². The molecule has 1 aliphatic heterocycles. The van der Waals surface area contributed by atoms with E-state index in [0.717, 1.165) is 25.5 Å². The predicted molar refractivity (Wildman–Crippen MR) is 66.6 cm³/mol. The standard InChI is InChI=1S/C9H20N2O4S2/c1-16(12,13)8-17(14,15)11-6-4-2-3-5-9(11)7-10/h9H,2-8,10H2,1H3. The molecule has 8 heteroatoms. The third-order valence-electron chi connectivity index (χ3n) is 2.82. The van der Waals surface area contributed by atoms with Crippen molar-refractivity contribution in [2.45, 2.75) is 31.7 Å². The van der Waals surface area contributed by atoms with Crippen molar-refractivity contribution >= 4 is 19.9 Å². The number of sulfone groups is 1. The zero-order valence-corrected chi connectivity index (χ0v) is 11.6. The molecule has 1 heterocycles. The van der Waals surface area contributed by atoms with Crippen LogP contribution in [0.15, 0.2) is 0 Å². The Balaban J connectivity index is 2.93. The molecule has 1 atom stereocenters. The number of nitrogens with zero attached hydrogens (tertiary/aromatic N) is 1. The highest BCUT2D eigenvalue weighted by Crippen LogP contribution is 2.20. The van der Waals surface area contributed by atoms with E-state index in [1.54, 1.807) is 0 Å². The third-order valence-corrected chi connectivity index (χ3v) is 6.91. The van der Waals surface area contributed by atoms with Gasteiger partial charge in [0, 0.05) is 25.4 Å². The molecule has 1 rings (SSSR count). The molecule has 0 aromatic heterocycles. The lowest BCUT2D eigenvalue weighted by Crippen LogP contribution is -2.45. The Bertz CT molecular complexity index is 444. The Morgan fingerprint density at radius 1 is 1.18 bits per heavy atom. The van der Waals surface area contributed by atoms with Crippen molar-refractivity contribution in [3.05, 3.63) is 0 Å². The first-order valence-corrected chi connectivity index (χ1v) is 9.30. The van der Waals surface area contributed by atoms with Crippen LogP contribution in [0, 0.1) is 0 Å². The second-order valence-corrected chi connectivity index (χ2v) is 8.93. The van der Waals surface area contributed by atoms with Gasteiger partial charge in [-0.3, -0.25) is 0 Å². The molecule has 1 fully saturated rings. The molecule has 1 unspecified atom stereocenters. The topological polar surface area (TPSA) is 97.5 Å². The minimum atomic E-state index is -3.76. The number of rotatable bonds is 4. The average molecular weight is 284 g/mol. The molecule has 2 N–H and O–H groups in total. The molecular weight excluding hydrogens is 264 g/mol. The molecule has 1 saturated heterocycles. The number of nitrogens with two attached hydrogens (primary N) is 1. The van der Waals surface area contributed by atoms with Gasteiger partial charge in [0.25, 0.3) is 0 Å². The second kappa shape index (κ2) is 5.64. The van der Waals surface area contributed by atoms with Gasteiger partial charge in [-0.1, -0.05) is 12.8 Å². The van der Waals surface area contributed by atoms with E-state index in [1.807, 2.05) is 0 Å². The fourth-order valence-corrected chi connectivity index (χ4v) is 5.85. The van der Waals surface area contributed by atoms with Crippen LogP contribution in [0.1, 0.15) is 25.7 Å². The fraction of sp³-hybridized carbons (Fsp3) is 1.00. The zero-order valence-electron chi connectivity index (χ0n) is 10.0. The van der Waals surface area contributed by atoms with Crippen molar-refractivity contribution in [3.8, 4) is 0 Å². The Morgan fingerprint density at radius 2 is 1.82 bits per heavy atom. The van der Waals surface area contributed by atoms with E-state index in [9.17, 15) is 16.8 Å². The summed E-state index contributed by atoms with van der Waals surface area (Å²) in [6, 6.07) is -0.260. The maximum Gasteiger partial charge on any atom is 0.228 e. The van der Waals surface area contributed by atoms with Gasteiger partial charge in [0.15, 0.2) is 14.9 Å². The van der Waals surface area contributed by atoms with Crippen LogP contribution in [0.5, 0.6) is 0 Å². The molecule has 0 spiro atoms. The van der Waals surface area contributed by atoms with Crippen LogP contribution in [0.4, 0.5) is 0 Å². The van der Waals surface area contributed by atoms with Crippen molar-refractivity contribution in [1.29, 1.82) is 0 Å². The molecule has 1 aliphatic rings. The van der Waals surface area contributed by atoms with E-state index in [4.69, 9.17) is 5.73 Å². The average Bonchev–Trinajstić information content (AvgIpc) is 2.38. The van der Waals surface area contributed by atoms with Gasteiger partial charge >= 0.3 is 0 Å². The largest absolute Gasteiger partial charge is 0.329 e. The van der Waals surface area contributed by atoms with Gasteiger partial charge in [-0.2, -0.15) is 4.31 Å². The lowest BCUT2D eigenvalue weighted by Gasteiger charge is -2.27. The maximum absolute atomic E-state index is 12.0. The maximum atomic E-state index is 12.0. The summed E-state index contributed by atoms with van der Waals surface area (Å²) < 4.78 is 47.6. The van der Waals surface area contributed by atoms with Gasteiger partial charge in [-0.25, -0.2) is 16.8 Å². The summed E-state index contributed by atoms with van der Waals surface area (Å²) in [7, 11) is -7.31. The van der Waals surface area contributed by atoms with E-state index in [0.29, 0.717) is 13.0 Å². The van der Waals surface area contributed by atoms with Gasteiger partial charge in [0.2, 0.25) is 10.0 Å². The van der Waals surface area contributed by atoms with E-state index in [2.05, 4.69) is 0 Å². The minimum Gasteiger partial charge on any atom is -0.329 e. The lowest BCUT2D eigenvalue weighted by molar-refractivity contribution is 0.329. The van der Waals surface area contributed by atoms with Crippen LogP contribution in [-0.2, 0) is 19.9 Å². The summed E-state index contributed by atoms with van der Waals surface area (Å²) in [6.07, 6.45) is 4.30. The Labute approximate surface area is 103 Å². The lowest BCUT2D eigenvalue weighted by atomic mass is 10.1. The Kier molecular flexibility index (Phi) is 4.94. The fourth-order valence-electron chi connectivity index (χ4n) is 2.09. The summed E-state index contributed by atoms with van der Waals surface area (Å²) in [5.41, 5.74) is 5.57. The second-order valence-electron chi connectivity index (χ2n) is 4.51. The smallest absolute Gasteiger partial charge is 0.228 e. The van der Waals surface area contributed by atoms with Gasteiger partial charge in [0.1, 0.15) is 0 Å². The summed E-state index contributed by atoms with van der Waals surface area (Å²) in [4.78, 5) is 0.